The third kappa shape index (κ3) is 3.49. The van der Waals surface area contributed by atoms with Gasteiger partial charge >= 0.3 is 0 Å². The molecule has 0 saturated carbocycles. The van der Waals surface area contributed by atoms with Crippen LogP contribution in [-0.4, -0.2) is 21.7 Å². The third-order valence-electron chi connectivity index (χ3n) is 2.31. The standard InChI is InChI=1S/C12H18N4S2/c1-4-5-10-13-7-9(17-10)11-15-16-12(18-11)14-6-8(2)3/h7-8H,4-6H2,1-3H3,(H,14,16). The van der Waals surface area contributed by atoms with Crippen molar-refractivity contribution in [2.45, 2.75) is 33.6 Å². The Morgan fingerprint density at radius 2 is 2.11 bits per heavy atom. The van der Waals surface area contributed by atoms with Crippen LogP contribution < -0.4 is 5.32 Å². The van der Waals surface area contributed by atoms with Crippen LogP contribution in [0, 0.1) is 5.92 Å². The van der Waals surface area contributed by atoms with Crippen molar-refractivity contribution in [1.29, 1.82) is 0 Å². The lowest BCUT2D eigenvalue weighted by molar-refractivity contribution is 0.687. The Labute approximate surface area is 116 Å². The minimum absolute atomic E-state index is 0.608. The van der Waals surface area contributed by atoms with Crippen LogP contribution in [-0.2, 0) is 6.42 Å². The van der Waals surface area contributed by atoms with Gasteiger partial charge in [-0.25, -0.2) is 4.98 Å². The van der Waals surface area contributed by atoms with E-state index >= 15 is 0 Å². The van der Waals surface area contributed by atoms with E-state index in [-0.39, 0.29) is 0 Å². The molecule has 98 valence electrons. The fourth-order valence-electron chi connectivity index (χ4n) is 1.42. The molecule has 0 radical (unpaired) electrons. The van der Waals surface area contributed by atoms with Gasteiger partial charge in [0.05, 0.1) is 9.88 Å². The van der Waals surface area contributed by atoms with E-state index in [4.69, 9.17) is 0 Å². The number of nitrogens with zero attached hydrogens (tertiary/aromatic N) is 3. The van der Waals surface area contributed by atoms with Gasteiger partial charge in [-0.2, -0.15) is 0 Å². The highest BCUT2D eigenvalue weighted by Crippen LogP contribution is 2.31. The molecular weight excluding hydrogens is 264 g/mol. The average molecular weight is 282 g/mol. The molecule has 0 saturated heterocycles. The van der Waals surface area contributed by atoms with Gasteiger partial charge in [-0.1, -0.05) is 32.1 Å². The van der Waals surface area contributed by atoms with Gasteiger partial charge in [0.2, 0.25) is 5.13 Å². The smallest absolute Gasteiger partial charge is 0.206 e. The molecule has 2 aromatic rings. The van der Waals surface area contributed by atoms with Gasteiger partial charge in [0.25, 0.3) is 0 Å². The fourth-order valence-corrected chi connectivity index (χ4v) is 3.23. The first kappa shape index (κ1) is 13.4. The normalized spacial score (nSPS) is 11.1. The molecule has 0 spiro atoms. The van der Waals surface area contributed by atoms with E-state index in [1.165, 1.54) is 5.01 Å². The molecule has 4 nitrogen and oxygen atoms in total. The number of rotatable bonds is 6. The molecule has 0 fully saturated rings. The second-order valence-corrected chi connectivity index (χ2v) is 6.65. The van der Waals surface area contributed by atoms with Crippen molar-refractivity contribution >= 4 is 27.8 Å². The zero-order chi connectivity index (χ0) is 13.0. The fraction of sp³-hybridized carbons (Fsp3) is 0.583. The highest BCUT2D eigenvalue weighted by molar-refractivity contribution is 7.23. The van der Waals surface area contributed by atoms with Crippen LogP contribution >= 0.6 is 22.7 Å². The van der Waals surface area contributed by atoms with E-state index in [9.17, 15) is 0 Å². The quantitative estimate of drug-likeness (QED) is 0.878. The lowest BCUT2D eigenvalue weighted by Gasteiger charge is -2.03. The molecule has 2 rings (SSSR count). The molecule has 0 aliphatic heterocycles. The summed E-state index contributed by atoms with van der Waals surface area (Å²) < 4.78 is 0. The Hall–Kier alpha value is -1.01. The van der Waals surface area contributed by atoms with Gasteiger partial charge in [-0.05, 0) is 18.8 Å². The highest BCUT2D eigenvalue weighted by Gasteiger charge is 2.10. The summed E-state index contributed by atoms with van der Waals surface area (Å²) in [6.07, 6.45) is 4.08. The molecule has 1 N–H and O–H groups in total. The predicted octanol–water partition coefficient (Wildman–Crippen LogP) is 3.68. The Bertz CT molecular complexity index is 490. The number of hydrogen-bond donors (Lipinski definition) is 1. The largest absolute Gasteiger partial charge is 0.360 e. The van der Waals surface area contributed by atoms with Crippen LogP contribution in [0.15, 0.2) is 6.20 Å². The van der Waals surface area contributed by atoms with Gasteiger partial charge in [0.1, 0.15) is 0 Å². The molecule has 0 aliphatic rings. The molecule has 0 unspecified atom stereocenters. The van der Waals surface area contributed by atoms with Crippen molar-refractivity contribution in [2.75, 3.05) is 11.9 Å². The Morgan fingerprint density at radius 3 is 2.83 bits per heavy atom. The Morgan fingerprint density at radius 1 is 1.28 bits per heavy atom. The van der Waals surface area contributed by atoms with Gasteiger partial charge in [0.15, 0.2) is 5.01 Å². The molecule has 0 aliphatic carbocycles. The first-order valence-corrected chi connectivity index (χ1v) is 7.84. The van der Waals surface area contributed by atoms with Crippen LogP contribution in [0.25, 0.3) is 9.88 Å². The van der Waals surface area contributed by atoms with E-state index in [0.717, 1.165) is 34.4 Å². The summed E-state index contributed by atoms with van der Waals surface area (Å²) in [5, 5.41) is 14.7. The van der Waals surface area contributed by atoms with Crippen molar-refractivity contribution in [2.24, 2.45) is 5.92 Å². The monoisotopic (exact) mass is 282 g/mol. The Balaban J connectivity index is 2.04. The van der Waals surface area contributed by atoms with E-state index in [1.807, 2.05) is 6.20 Å². The van der Waals surface area contributed by atoms with E-state index < -0.39 is 0 Å². The second-order valence-electron chi connectivity index (χ2n) is 4.56. The van der Waals surface area contributed by atoms with Crippen molar-refractivity contribution in [3.8, 4) is 9.88 Å². The number of nitrogens with one attached hydrogen (secondary N) is 1. The zero-order valence-electron chi connectivity index (χ0n) is 10.9. The molecule has 18 heavy (non-hydrogen) atoms. The number of anilines is 1. The summed E-state index contributed by atoms with van der Waals surface area (Å²) >= 11 is 3.31. The van der Waals surface area contributed by atoms with Crippen LogP contribution in [0.5, 0.6) is 0 Å². The predicted molar refractivity (Wildman–Crippen MR) is 78.3 cm³/mol. The molecule has 0 atom stereocenters. The summed E-state index contributed by atoms with van der Waals surface area (Å²) in [4.78, 5) is 5.52. The lowest BCUT2D eigenvalue weighted by Crippen LogP contribution is -2.07. The third-order valence-corrected chi connectivity index (χ3v) is 4.42. The molecule has 0 amide bonds. The van der Waals surface area contributed by atoms with Gasteiger partial charge in [-0.15, -0.1) is 21.5 Å². The molecule has 6 heteroatoms. The topological polar surface area (TPSA) is 50.7 Å². The molecule has 2 aromatic heterocycles. The highest BCUT2D eigenvalue weighted by atomic mass is 32.1. The number of aromatic nitrogens is 3. The van der Waals surface area contributed by atoms with E-state index in [2.05, 4.69) is 41.3 Å². The second kappa shape index (κ2) is 6.24. The maximum Gasteiger partial charge on any atom is 0.206 e. The molecule has 0 bridgehead atoms. The minimum atomic E-state index is 0.608. The van der Waals surface area contributed by atoms with E-state index in [0.29, 0.717) is 5.92 Å². The lowest BCUT2D eigenvalue weighted by atomic mass is 10.2. The van der Waals surface area contributed by atoms with Gasteiger partial charge in [0, 0.05) is 12.7 Å². The maximum atomic E-state index is 4.40. The van der Waals surface area contributed by atoms with Crippen LogP contribution in [0.2, 0.25) is 0 Å². The molecule has 0 aromatic carbocycles. The van der Waals surface area contributed by atoms with Crippen molar-refractivity contribution in [3.63, 3.8) is 0 Å². The number of thiazole rings is 1. The summed E-state index contributed by atoms with van der Waals surface area (Å²) in [6, 6.07) is 0. The van der Waals surface area contributed by atoms with Crippen molar-refractivity contribution in [1.82, 2.24) is 15.2 Å². The zero-order valence-corrected chi connectivity index (χ0v) is 12.6. The summed E-state index contributed by atoms with van der Waals surface area (Å²) in [5.74, 6) is 0.608. The molecule has 2 heterocycles. The van der Waals surface area contributed by atoms with Crippen LogP contribution in [0.1, 0.15) is 32.2 Å². The van der Waals surface area contributed by atoms with Gasteiger partial charge in [-0.3, -0.25) is 0 Å². The van der Waals surface area contributed by atoms with Gasteiger partial charge < -0.3 is 5.32 Å². The first-order chi connectivity index (χ1) is 8.69. The number of hydrogen-bond acceptors (Lipinski definition) is 6. The Kier molecular flexibility index (Phi) is 4.66. The maximum absolute atomic E-state index is 4.40. The first-order valence-electron chi connectivity index (χ1n) is 6.21. The summed E-state index contributed by atoms with van der Waals surface area (Å²) in [7, 11) is 0. The van der Waals surface area contributed by atoms with E-state index in [1.54, 1.807) is 22.7 Å². The number of aryl methyl sites for hydroxylation is 1. The summed E-state index contributed by atoms with van der Waals surface area (Å²) in [5.41, 5.74) is 0. The molecular formula is C12H18N4S2. The SMILES string of the molecule is CCCc1ncc(-c2nnc(NCC(C)C)s2)s1. The minimum Gasteiger partial charge on any atom is -0.360 e. The van der Waals surface area contributed by atoms with Crippen LogP contribution in [0.4, 0.5) is 5.13 Å². The van der Waals surface area contributed by atoms with Crippen LogP contribution in [0.3, 0.4) is 0 Å². The average Bonchev–Trinajstić information content (AvgIpc) is 2.94. The summed E-state index contributed by atoms with van der Waals surface area (Å²) in [6.45, 7) is 7.45. The van der Waals surface area contributed by atoms with Crippen molar-refractivity contribution < 1.29 is 0 Å². The van der Waals surface area contributed by atoms with Crippen molar-refractivity contribution in [3.05, 3.63) is 11.2 Å².